The van der Waals surface area contributed by atoms with E-state index in [0.717, 1.165) is 31.4 Å². The number of anilines is 2. The summed E-state index contributed by atoms with van der Waals surface area (Å²) in [5, 5.41) is 15.5. The summed E-state index contributed by atoms with van der Waals surface area (Å²) in [4.78, 5) is 4.12. The monoisotopic (exact) mass is 303 g/mol. The molecule has 1 aliphatic rings. The number of nitrogens with zero attached hydrogens (tertiary/aromatic N) is 1. The standard InChI is InChI=1S/C14H20F3N3O/c1-2-18-12-6-10(14(15,16)17)7-13(20-12)19-8-9-4-3-5-11(9)21/h6-7,9,11,21H,2-5,8H2,1H3,(H2,18,19,20). The van der Waals surface area contributed by atoms with Gasteiger partial charge in [0.1, 0.15) is 11.6 Å². The zero-order valence-corrected chi connectivity index (χ0v) is 11.9. The summed E-state index contributed by atoms with van der Waals surface area (Å²) in [5.41, 5.74) is -0.733. The summed E-state index contributed by atoms with van der Waals surface area (Å²) in [5.74, 6) is 0.450. The fourth-order valence-electron chi connectivity index (χ4n) is 2.55. The van der Waals surface area contributed by atoms with Gasteiger partial charge in [0.25, 0.3) is 0 Å². The predicted molar refractivity (Wildman–Crippen MR) is 75.2 cm³/mol. The molecule has 0 amide bonds. The van der Waals surface area contributed by atoms with Crippen LogP contribution in [0.4, 0.5) is 24.8 Å². The van der Waals surface area contributed by atoms with E-state index < -0.39 is 11.7 Å². The maximum Gasteiger partial charge on any atom is 0.416 e. The first kappa shape index (κ1) is 15.9. The lowest BCUT2D eigenvalue weighted by Gasteiger charge is -2.17. The van der Waals surface area contributed by atoms with Crippen molar-refractivity contribution in [3.05, 3.63) is 17.7 Å². The van der Waals surface area contributed by atoms with Gasteiger partial charge in [0.15, 0.2) is 0 Å². The van der Waals surface area contributed by atoms with E-state index in [1.54, 1.807) is 6.92 Å². The van der Waals surface area contributed by atoms with Crippen LogP contribution in [0.5, 0.6) is 0 Å². The number of aliphatic hydroxyl groups excluding tert-OH is 1. The Morgan fingerprint density at radius 3 is 2.43 bits per heavy atom. The average Bonchev–Trinajstić information content (AvgIpc) is 2.81. The summed E-state index contributed by atoms with van der Waals surface area (Å²) >= 11 is 0. The van der Waals surface area contributed by atoms with E-state index in [0.29, 0.717) is 13.1 Å². The second-order valence-electron chi connectivity index (χ2n) is 5.29. The van der Waals surface area contributed by atoms with E-state index in [9.17, 15) is 18.3 Å². The average molecular weight is 303 g/mol. The minimum absolute atomic E-state index is 0.0731. The topological polar surface area (TPSA) is 57.2 Å². The molecule has 2 rings (SSSR count). The zero-order valence-electron chi connectivity index (χ0n) is 11.9. The molecule has 118 valence electrons. The molecular weight excluding hydrogens is 283 g/mol. The lowest BCUT2D eigenvalue weighted by Crippen LogP contribution is -2.22. The first-order chi connectivity index (χ1) is 9.90. The number of alkyl halides is 3. The van der Waals surface area contributed by atoms with Crippen LogP contribution in [-0.2, 0) is 6.18 Å². The molecule has 2 unspecified atom stereocenters. The Hall–Kier alpha value is -1.50. The van der Waals surface area contributed by atoms with E-state index in [-0.39, 0.29) is 23.7 Å². The van der Waals surface area contributed by atoms with Crippen molar-refractivity contribution in [2.45, 2.75) is 38.5 Å². The molecule has 0 bridgehead atoms. The van der Waals surface area contributed by atoms with Gasteiger partial charge in [-0.05, 0) is 31.9 Å². The highest BCUT2D eigenvalue weighted by molar-refractivity contribution is 5.49. The Kier molecular flexibility index (Phi) is 4.92. The molecule has 7 heteroatoms. The molecule has 0 saturated heterocycles. The number of rotatable bonds is 5. The third-order valence-corrected chi connectivity index (χ3v) is 3.67. The number of hydrogen-bond acceptors (Lipinski definition) is 4. The highest BCUT2D eigenvalue weighted by Crippen LogP contribution is 2.32. The van der Waals surface area contributed by atoms with Gasteiger partial charge >= 0.3 is 6.18 Å². The molecule has 4 nitrogen and oxygen atoms in total. The van der Waals surface area contributed by atoms with Crippen LogP contribution in [-0.4, -0.2) is 29.3 Å². The minimum Gasteiger partial charge on any atom is -0.393 e. The number of nitrogens with one attached hydrogen (secondary N) is 2. The number of halogens is 3. The number of aromatic nitrogens is 1. The Morgan fingerprint density at radius 2 is 1.90 bits per heavy atom. The molecule has 3 N–H and O–H groups in total. The minimum atomic E-state index is -4.41. The zero-order chi connectivity index (χ0) is 15.5. The van der Waals surface area contributed by atoms with Gasteiger partial charge in [0, 0.05) is 19.0 Å². The third-order valence-electron chi connectivity index (χ3n) is 3.67. The molecule has 1 aromatic rings. The summed E-state index contributed by atoms with van der Waals surface area (Å²) in [6, 6.07) is 2.00. The molecule has 1 fully saturated rings. The van der Waals surface area contributed by atoms with Gasteiger partial charge in [-0.1, -0.05) is 6.42 Å². The molecule has 21 heavy (non-hydrogen) atoms. The van der Waals surface area contributed by atoms with Gasteiger partial charge < -0.3 is 15.7 Å². The highest BCUT2D eigenvalue weighted by atomic mass is 19.4. The summed E-state index contributed by atoms with van der Waals surface area (Å²) in [6.07, 6.45) is -2.20. The van der Waals surface area contributed by atoms with Crippen molar-refractivity contribution in [1.29, 1.82) is 0 Å². The van der Waals surface area contributed by atoms with Crippen LogP contribution in [0.2, 0.25) is 0 Å². The van der Waals surface area contributed by atoms with Crippen LogP contribution in [0, 0.1) is 5.92 Å². The Balaban J connectivity index is 2.11. The van der Waals surface area contributed by atoms with Crippen LogP contribution in [0.25, 0.3) is 0 Å². The quantitative estimate of drug-likeness (QED) is 0.782. The van der Waals surface area contributed by atoms with E-state index >= 15 is 0 Å². The number of aliphatic hydroxyl groups is 1. The van der Waals surface area contributed by atoms with E-state index in [1.807, 2.05) is 0 Å². The van der Waals surface area contributed by atoms with Crippen LogP contribution in [0.1, 0.15) is 31.7 Å². The van der Waals surface area contributed by atoms with Gasteiger partial charge in [-0.3, -0.25) is 0 Å². The first-order valence-electron chi connectivity index (χ1n) is 7.15. The van der Waals surface area contributed by atoms with Crippen molar-refractivity contribution < 1.29 is 18.3 Å². The molecule has 1 aromatic heterocycles. The number of hydrogen-bond donors (Lipinski definition) is 3. The van der Waals surface area contributed by atoms with Crippen molar-refractivity contribution in [2.24, 2.45) is 5.92 Å². The number of pyridine rings is 1. The summed E-state index contributed by atoms with van der Waals surface area (Å²) in [7, 11) is 0. The maximum absolute atomic E-state index is 12.9. The molecule has 2 atom stereocenters. The van der Waals surface area contributed by atoms with Crippen LogP contribution in [0.3, 0.4) is 0 Å². The third kappa shape index (κ3) is 4.23. The van der Waals surface area contributed by atoms with Crippen molar-refractivity contribution in [2.75, 3.05) is 23.7 Å². The smallest absolute Gasteiger partial charge is 0.393 e. The molecule has 1 aliphatic carbocycles. The van der Waals surface area contributed by atoms with Crippen LogP contribution in [0.15, 0.2) is 12.1 Å². The molecule has 1 saturated carbocycles. The normalized spacial score (nSPS) is 22.3. The summed E-state index contributed by atoms with van der Waals surface area (Å²) < 4.78 is 38.6. The maximum atomic E-state index is 12.9. The van der Waals surface area contributed by atoms with Crippen molar-refractivity contribution in [1.82, 2.24) is 4.98 Å². The van der Waals surface area contributed by atoms with E-state index in [4.69, 9.17) is 0 Å². The Morgan fingerprint density at radius 1 is 1.24 bits per heavy atom. The molecule has 0 spiro atoms. The molecule has 0 aliphatic heterocycles. The van der Waals surface area contributed by atoms with E-state index in [2.05, 4.69) is 15.6 Å². The predicted octanol–water partition coefficient (Wildman–Crippen LogP) is 3.11. The van der Waals surface area contributed by atoms with Gasteiger partial charge in [-0.2, -0.15) is 13.2 Å². The van der Waals surface area contributed by atoms with Crippen molar-refractivity contribution in [3.63, 3.8) is 0 Å². The Bertz CT molecular complexity index is 479. The second kappa shape index (κ2) is 6.51. The van der Waals surface area contributed by atoms with Crippen molar-refractivity contribution in [3.8, 4) is 0 Å². The second-order valence-corrected chi connectivity index (χ2v) is 5.29. The van der Waals surface area contributed by atoms with E-state index in [1.165, 1.54) is 0 Å². The lowest BCUT2D eigenvalue weighted by atomic mass is 10.1. The molecule has 0 aromatic carbocycles. The lowest BCUT2D eigenvalue weighted by molar-refractivity contribution is -0.137. The molecular formula is C14H20F3N3O. The fraction of sp³-hybridized carbons (Fsp3) is 0.643. The SMILES string of the molecule is CCNc1cc(C(F)(F)F)cc(NCC2CCCC2O)n1. The highest BCUT2D eigenvalue weighted by Gasteiger charge is 2.32. The molecule has 1 heterocycles. The first-order valence-corrected chi connectivity index (χ1v) is 7.15. The van der Waals surface area contributed by atoms with Gasteiger partial charge in [-0.25, -0.2) is 4.98 Å². The fourth-order valence-corrected chi connectivity index (χ4v) is 2.55. The van der Waals surface area contributed by atoms with Gasteiger partial charge in [0.05, 0.1) is 11.7 Å². The van der Waals surface area contributed by atoms with Crippen molar-refractivity contribution >= 4 is 11.6 Å². The largest absolute Gasteiger partial charge is 0.416 e. The molecule has 0 radical (unpaired) electrons. The Labute approximate surface area is 121 Å². The van der Waals surface area contributed by atoms with Gasteiger partial charge in [0.2, 0.25) is 0 Å². The van der Waals surface area contributed by atoms with Crippen LogP contribution >= 0.6 is 0 Å². The summed E-state index contributed by atoms with van der Waals surface area (Å²) in [6.45, 7) is 2.72. The van der Waals surface area contributed by atoms with Crippen LogP contribution < -0.4 is 10.6 Å². The van der Waals surface area contributed by atoms with Gasteiger partial charge in [-0.15, -0.1) is 0 Å².